The van der Waals surface area contributed by atoms with Gasteiger partial charge in [0.05, 0.1) is 13.2 Å². The zero-order chi connectivity index (χ0) is 11.4. The van der Waals surface area contributed by atoms with Crippen LogP contribution < -0.4 is 5.32 Å². The third-order valence-electron chi connectivity index (χ3n) is 1.49. The highest BCUT2D eigenvalue weighted by Crippen LogP contribution is 1.95. The van der Waals surface area contributed by atoms with Crippen LogP contribution in [0, 0.1) is 11.5 Å². The quantitative estimate of drug-likeness (QED) is 0.231. The van der Waals surface area contributed by atoms with Gasteiger partial charge in [0, 0.05) is 20.3 Å². The van der Waals surface area contributed by atoms with E-state index in [1.165, 1.54) is 11.8 Å². The van der Waals surface area contributed by atoms with Gasteiger partial charge in [-0.2, -0.15) is 5.26 Å². The number of amidine groups is 1. The van der Waals surface area contributed by atoms with Crippen LogP contribution in [0.25, 0.3) is 0 Å². The second-order valence-electron chi connectivity index (χ2n) is 2.59. The molecule has 0 spiro atoms. The first-order chi connectivity index (χ1) is 7.35. The van der Waals surface area contributed by atoms with Crippen LogP contribution in [-0.4, -0.2) is 44.9 Å². The van der Waals surface area contributed by atoms with Crippen molar-refractivity contribution in [3.8, 4) is 6.19 Å². The number of nitriles is 1. The minimum absolute atomic E-state index is 0.617. The fraction of sp³-hybridized carbons (Fsp3) is 0.778. The fourth-order valence-corrected chi connectivity index (χ4v) is 1.16. The molecule has 0 aromatic rings. The standard InChI is InChI=1S/C9H17N3O2S/c1-13-6-7-14-5-3-4-11-9(15-2)12-8-10/h3-7H2,1-2H3,(H,11,12). The molecule has 86 valence electrons. The summed E-state index contributed by atoms with van der Waals surface area (Å²) in [6, 6.07) is 0. The third-order valence-corrected chi connectivity index (χ3v) is 2.11. The van der Waals surface area contributed by atoms with Crippen LogP contribution in [0.1, 0.15) is 6.42 Å². The third kappa shape index (κ3) is 9.53. The van der Waals surface area contributed by atoms with Gasteiger partial charge in [-0.05, 0) is 12.7 Å². The lowest BCUT2D eigenvalue weighted by molar-refractivity contribution is 0.0702. The van der Waals surface area contributed by atoms with E-state index in [4.69, 9.17) is 14.7 Å². The molecule has 0 saturated heterocycles. The lowest BCUT2D eigenvalue weighted by Crippen LogP contribution is -2.14. The second kappa shape index (κ2) is 11.3. The Labute approximate surface area is 94.8 Å². The van der Waals surface area contributed by atoms with Gasteiger partial charge in [0.15, 0.2) is 11.4 Å². The summed E-state index contributed by atoms with van der Waals surface area (Å²) in [6.07, 6.45) is 4.56. The molecule has 0 saturated carbocycles. The summed E-state index contributed by atoms with van der Waals surface area (Å²) in [5.41, 5.74) is 0. The predicted octanol–water partition coefficient (Wildman–Crippen LogP) is 0.829. The van der Waals surface area contributed by atoms with Crippen molar-refractivity contribution in [2.24, 2.45) is 4.99 Å². The van der Waals surface area contributed by atoms with E-state index in [1.54, 1.807) is 7.11 Å². The molecule has 0 rings (SSSR count). The van der Waals surface area contributed by atoms with Crippen molar-refractivity contribution in [3.63, 3.8) is 0 Å². The van der Waals surface area contributed by atoms with E-state index in [1.807, 2.05) is 12.4 Å². The molecule has 0 aliphatic rings. The van der Waals surface area contributed by atoms with Crippen LogP contribution in [0.5, 0.6) is 0 Å². The Bertz CT molecular complexity index is 216. The van der Waals surface area contributed by atoms with Crippen molar-refractivity contribution in [2.45, 2.75) is 6.42 Å². The summed E-state index contributed by atoms with van der Waals surface area (Å²) < 4.78 is 10.1. The Balaban J connectivity index is 3.38. The van der Waals surface area contributed by atoms with E-state index in [2.05, 4.69) is 10.3 Å². The van der Waals surface area contributed by atoms with E-state index in [-0.39, 0.29) is 0 Å². The zero-order valence-electron chi connectivity index (χ0n) is 9.15. The normalized spacial score (nSPS) is 11.1. The summed E-state index contributed by atoms with van der Waals surface area (Å²) in [6.45, 7) is 2.57. The van der Waals surface area contributed by atoms with Crippen molar-refractivity contribution < 1.29 is 9.47 Å². The largest absolute Gasteiger partial charge is 0.382 e. The Morgan fingerprint density at radius 3 is 2.87 bits per heavy atom. The highest BCUT2D eigenvalue weighted by atomic mass is 32.2. The van der Waals surface area contributed by atoms with E-state index >= 15 is 0 Å². The fourth-order valence-electron chi connectivity index (χ4n) is 0.794. The van der Waals surface area contributed by atoms with Crippen molar-refractivity contribution in [2.75, 3.05) is 39.7 Å². The van der Waals surface area contributed by atoms with Crippen LogP contribution in [0.4, 0.5) is 0 Å². The zero-order valence-corrected chi connectivity index (χ0v) is 9.97. The van der Waals surface area contributed by atoms with Crippen LogP contribution in [0.2, 0.25) is 0 Å². The lowest BCUT2D eigenvalue weighted by Gasteiger charge is -2.02. The molecule has 0 aromatic carbocycles. The molecule has 0 amide bonds. The molecule has 0 atom stereocenters. The number of ether oxygens (including phenoxy) is 2. The number of rotatable bonds is 7. The highest BCUT2D eigenvalue weighted by molar-refractivity contribution is 8.13. The molecule has 0 aliphatic heterocycles. The number of thioether (sulfide) groups is 1. The first kappa shape index (κ1) is 14.2. The number of methoxy groups -OCH3 is 1. The molecule has 1 N–H and O–H groups in total. The monoisotopic (exact) mass is 231 g/mol. The highest BCUT2D eigenvalue weighted by Gasteiger charge is 1.93. The number of hydrogen-bond donors (Lipinski definition) is 1. The van der Waals surface area contributed by atoms with E-state index in [0.717, 1.165) is 6.42 Å². The molecule has 0 aliphatic carbocycles. The first-order valence-corrected chi connectivity index (χ1v) is 5.87. The smallest absolute Gasteiger partial charge is 0.183 e. The van der Waals surface area contributed by atoms with E-state index in [0.29, 0.717) is 31.5 Å². The Kier molecular flexibility index (Phi) is 10.7. The average Bonchev–Trinajstić information content (AvgIpc) is 2.26. The second-order valence-corrected chi connectivity index (χ2v) is 3.38. The molecule has 5 nitrogen and oxygen atoms in total. The Hall–Kier alpha value is -0.770. The van der Waals surface area contributed by atoms with E-state index < -0.39 is 0 Å². The van der Waals surface area contributed by atoms with Gasteiger partial charge in [0.1, 0.15) is 0 Å². The van der Waals surface area contributed by atoms with Crippen LogP contribution in [0.3, 0.4) is 0 Å². The molecule has 0 fully saturated rings. The van der Waals surface area contributed by atoms with Crippen molar-refractivity contribution in [1.82, 2.24) is 5.32 Å². The minimum Gasteiger partial charge on any atom is -0.382 e. The maximum atomic E-state index is 8.37. The topological polar surface area (TPSA) is 66.6 Å². The van der Waals surface area contributed by atoms with Gasteiger partial charge in [-0.15, -0.1) is 0 Å². The Morgan fingerprint density at radius 1 is 1.47 bits per heavy atom. The molecule has 6 heteroatoms. The van der Waals surface area contributed by atoms with E-state index in [9.17, 15) is 0 Å². The van der Waals surface area contributed by atoms with Crippen LogP contribution in [0.15, 0.2) is 4.99 Å². The number of aliphatic imine (C=N–C) groups is 1. The molecular formula is C9H17N3O2S. The molecular weight excluding hydrogens is 214 g/mol. The molecule has 0 unspecified atom stereocenters. The van der Waals surface area contributed by atoms with Crippen molar-refractivity contribution >= 4 is 16.9 Å². The number of nitrogens with one attached hydrogen (secondary N) is 1. The lowest BCUT2D eigenvalue weighted by atomic mass is 10.5. The van der Waals surface area contributed by atoms with Gasteiger partial charge < -0.3 is 9.47 Å². The predicted molar refractivity (Wildman–Crippen MR) is 61.9 cm³/mol. The van der Waals surface area contributed by atoms with Crippen LogP contribution >= 0.6 is 11.8 Å². The number of hydrogen-bond acceptors (Lipinski definition) is 5. The van der Waals surface area contributed by atoms with Gasteiger partial charge in [0.25, 0.3) is 0 Å². The molecule has 0 heterocycles. The van der Waals surface area contributed by atoms with Crippen molar-refractivity contribution in [3.05, 3.63) is 0 Å². The summed E-state index contributed by atoms with van der Waals surface area (Å²) in [5, 5.41) is 11.5. The summed E-state index contributed by atoms with van der Waals surface area (Å²) in [7, 11) is 1.64. The van der Waals surface area contributed by atoms with Gasteiger partial charge in [-0.3, -0.25) is 10.3 Å². The van der Waals surface area contributed by atoms with Crippen molar-refractivity contribution in [1.29, 1.82) is 5.26 Å². The maximum absolute atomic E-state index is 8.37. The molecule has 0 bridgehead atoms. The number of nitrogens with zero attached hydrogens (tertiary/aromatic N) is 2. The summed E-state index contributed by atoms with van der Waals surface area (Å²) in [4.78, 5) is 4.18. The van der Waals surface area contributed by atoms with Gasteiger partial charge in [-0.1, -0.05) is 11.8 Å². The first-order valence-electron chi connectivity index (χ1n) is 4.65. The van der Waals surface area contributed by atoms with Gasteiger partial charge in [-0.25, -0.2) is 0 Å². The molecule has 15 heavy (non-hydrogen) atoms. The summed E-state index contributed by atoms with van der Waals surface area (Å²) >= 11 is 1.42. The Morgan fingerprint density at radius 2 is 2.27 bits per heavy atom. The minimum atomic E-state index is 0.617. The van der Waals surface area contributed by atoms with Gasteiger partial charge >= 0.3 is 0 Å². The average molecular weight is 231 g/mol. The SMILES string of the molecule is COCCOCCCN=C(NC#N)SC. The van der Waals surface area contributed by atoms with Crippen LogP contribution in [-0.2, 0) is 9.47 Å². The molecule has 0 aromatic heterocycles. The maximum Gasteiger partial charge on any atom is 0.183 e. The summed E-state index contributed by atoms with van der Waals surface area (Å²) in [5.74, 6) is 0. The molecule has 0 radical (unpaired) electrons. The van der Waals surface area contributed by atoms with Gasteiger partial charge in [0.2, 0.25) is 0 Å².